The molecule has 7 fully saturated rings. The van der Waals surface area contributed by atoms with Gasteiger partial charge in [-0.15, -0.1) is 0 Å². The Bertz CT molecular complexity index is 598. The molecule has 7 rings (SSSR count). The van der Waals surface area contributed by atoms with E-state index in [1.807, 2.05) is 0 Å². The maximum atomic E-state index is 6.29. The van der Waals surface area contributed by atoms with Gasteiger partial charge >= 0.3 is 0 Å². The first-order chi connectivity index (χ1) is 14.1. The lowest BCUT2D eigenvalue weighted by Crippen LogP contribution is -2.45. The molecule has 7 saturated carbocycles. The zero-order chi connectivity index (χ0) is 19.6. The quantitative estimate of drug-likeness (QED) is 0.364. The summed E-state index contributed by atoms with van der Waals surface area (Å²) in [4.78, 5) is 0. The highest BCUT2D eigenvalue weighted by Crippen LogP contribution is 2.71. The zero-order valence-electron chi connectivity index (χ0n) is 18.8. The highest BCUT2D eigenvalue weighted by Gasteiger charge is 2.62. The van der Waals surface area contributed by atoms with Crippen LogP contribution in [0.1, 0.15) is 110 Å². The molecule has 6 unspecified atom stereocenters. The Labute approximate surface area is 185 Å². The van der Waals surface area contributed by atoms with Crippen LogP contribution >= 0.6 is 12.9 Å². The maximum Gasteiger partial charge on any atom is 0.0780 e. The minimum atomic E-state index is 0.432. The van der Waals surface area contributed by atoms with E-state index >= 15 is 0 Å². The van der Waals surface area contributed by atoms with Gasteiger partial charge in [0.15, 0.2) is 0 Å². The molecule has 2 heteroatoms. The fraction of sp³-hybridized carbons (Fsp3) is 1.00. The standard InChI is InChI=1S/C27H44OS/c1-18-21-10-12-26(14-21)16-27(17-26)13-11-22(15-27)25(28-29)24(20-8-4-5-9-20)23(18)19-6-2-3-7-19/h18-25,29H,2-17H2,1H3. The molecule has 0 aliphatic heterocycles. The minimum absolute atomic E-state index is 0.432. The van der Waals surface area contributed by atoms with Crippen LogP contribution in [0.2, 0.25) is 0 Å². The van der Waals surface area contributed by atoms with Crippen molar-refractivity contribution in [1.29, 1.82) is 0 Å². The molecule has 0 aromatic rings. The third-order valence-electron chi connectivity index (χ3n) is 11.6. The molecule has 29 heavy (non-hydrogen) atoms. The fourth-order valence-electron chi connectivity index (χ4n) is 10.8. The monoisotopic (exact) mass is 416 g/mol. The normalized spacial score (nSPS) is 53.2. The predicted octanol–water partition coefficient (Wildman–Crippen LogP) is 7.85. The second kappa shape index (κ2) is 7.43. The largest absolute Gasteiger partial charge is 0.315 e. The summed E-state index contributed by atoms with van der Waals surface area (Å²) < 4.78 is 6.29. The van der Waals surface area contributed by atoms with E-state index in [1.54, 1.807) is 25.7 Å². The van der Waals surface area contributed by atoms with Crippen molar-refractivity contribution < 1.29 is 4.18 Å². The molecule has 1 nitrogen and oxygen atoms in total. The molecule has 0 N–H and O–H groups in total. The molecule has 0 heterocycles. The van der Waals surface area contributed by atoms with E-state index in [1.165, 1.54) is 77.0 Å². The van der Waals surface area contributed by atoms with E-state index in [4.69, 9.17) is 4.18 Å². The van der Waals surface area contributed by atoms with Crippen LogP contribution < -0.4 is 0 Å². The lowest BCUT2D eigenvalue weighted by molar-refractivity contribution is -0.0423. The third-order valence-corrected chi connectivity index (χ3v) is 11.9. The van der Waals surface area contributed by atoms with E-state index < -0.39 is 0 Å². The smallest absolute Gasteiger partial charge is 0.0780 e. The summed E-state index contributed by atoms with van der Waals surface area (Å²) in [7, 11) is 0. The molecule has 6 atom stereocenters. The minimum Gasteiger partial charge on any atom is -0.315 e. The van der Waals surface area contributed by atoms with E-state index in [0.29, 0.717) is 11.5 Å². The molecular formula is C27H44OS. The Kier molecular flexibility index (Phi) is 5.11. The van der Waals surface area contributed by atoms with Gasteiger partial charge in [0.2, 0.25) is 0 Å². The summed E-state index contributed by atoms with van der Waals surface area (Å²) in [5.74, 6) is 6.29. The van der Waals surface area contributed by atoms with Crippen LogP contribution in [0.4, 0.5) is 0 Å². The Morgan fingerprint density at radius 3 is 1.76 bits per heavy atom. The summed E-state index contributed by atoms with van der Waals surface area (Å²) in [5, 5.41) is 0. The molecule has 0 aromatic carbocycles. The average Bonchev–Trinajstić information content (AvgIpc) is 3.48. The van der Waals surface area contributed by atoms with Crippen LogP contribution in [0, 0.1) is 52.3 Å². The predicted molar refractivity (Wildman–Crippen MR) is 123 cm³/mol. The first kappa shape index (κ1) is 20.0. The molecule has 7 aliphatic rings. The SMILES string of the molecule is CC1C2CCC3(C2)CC2(CCC(C2)C(OS)C(C2CCCC2)C1C1CCCC1)C3. The van der Waals surface area contributed by atoms with Crippen LogP contribution in [0.25, 0.3) is 0 Å². The van der Waals surface area contributed by atoms with E-state index in [9.17, 15) is 0 Å². The van der Waals surface area contributed by atoms with Crippen LogP contribution in [0.15, 0.2) is 0 Å². The summed E-state index contributed by atoms with van der Waals surface area (Å²) >= 11 is 4.62. The van der Waals surface area contributed by atoms with Crippen LogP contribution in [-0.2, 0) is 4.18 Å². The highest BCUT2D eigenvalue weighted by molar-refractivity contribution is 7.75. The number of hydrogen-bond donors (Lipinski definition) is 1. The Hall–Kier alpha value is 0.310. The molecule has 4 bridgehead atoms. The van der Waals surface area contributed by atoms with Crippen molar-refractivity contribution in [2.45, 2.75) is 116 Å². The Morgan fingerprint density at radius 1 is 0.655 bits per heavy atom. The molecule has 164 valence electrons. The molecule has 0 amide bonds. The lowest BCUT2D eigenvalue weighted by Gasteiger charge is -2.54. The number of hydrogen-bond acceptors (Lipinski definition) is 2. The van der Waals surface area contributed by atoms with Crippen molar-refractivity contribution in [3.8, 4) is 0 Å². The van der Waals surface area contributed by atoms with Gasteiger partial charge in [0.05, 0.1) is 6.10 Å². The topological polar surface area (TPSA) is 9.23 Å². The zero-order valence-corrected chi connectivity index (χ0v) is 19.7. The van der Waals surface area contributed by atoms with Gasteiger partial charge in [-0.3, -0.25) is 0 Å². The van der Waals surface area contributed by atoms with Crippen LogP contribution in [0.3, 0.4) is 0 Å². The number of rotatable bonds is 3. The van der Waals surface area contributed by atoms with Crippen molar-refractivity contribution in [2.75, 3.05) is 0 Å². The summed E-state index contributed by atoms with van der Waals surface area (Å²) in [5.41, 5.74) is 1.47. The van der Waals surface area contributed by atoms with E-state index in [0.717, 1.165) is 46.8 Å². The molecule has 0 aromatic heterocycles. The first-order valence-corrected chi connectivity index (χ1v) is 13.8. The summed E-state index contributed by atoms with van der Waals surface area (Å²) in [6, 6.07) is 0. The third kappa shape index (κ3) is 3.20. The second-order valence-electron chi connectivity index (χ2n) is 13.0. The van der Waals surface area contributed by atoms with Gasteiger partial charge in [-0.25, -0.2) is 0 Å². The van der Waals surface area contributed by atoms with Crippen molar-refractivity contribution in [3.63, 3.8) is 0 Å². The first-order valence-electron chi connectivity index (χ1n) is 13.4. The van der Waals surface area contributed by atoms with Gasteiger partial charge in [-0.2, -0.15) is 0 Å². The van der Waals surface area contributed by atoms with Crippen LogP contribution in [-0.4, -0.2) is 6.10 Å². The summed E-state index contributed by atoms with van der Waals surface area (Å²) in [6.07, 6.45) is 24.5. The molecule has 2 spiro atoms. The van der Waals surface area contributed by atoms with Crippen molar-refractivity contribution in [1.82, 2.24) is 0 Å². The molecule has 0 radical (unpaired) electrons. The number of thiol groups is 1. The van der Waals surface area contributed by atoms with E-state index in [2.05, 4.69) is 19.8 Å². The van der Waals surface area contributed by atoms with Gasteiger partial charge < -0.3 is 4.18 Å². The van der Waals surface area contributed by atoms with Gasteiger partial charge in [-0.05, 0) is 117 Å². The second-order valence-corrected chi connectivity index (χ2v) is 13.2. The van der Waals surface area contributed by atoms with E-state index in [-0.39, 0.29) is 0 Å². The Morgan fingerprint density at radius 2 is 1.17 bits per heavy atom. The molecule has 0 saturated heterocycles. The van der Waals surface area contributed by atoms with Gasteiger partial charge in [0.25, 0.3) is 0 Å². The maximum absolute atomic E-state index is 6.29. The van der Waals surface area contributed by atoms with Crippen LogP contribution in [0.5, 0.6) is 0 Å². The van der Waals surface area contributed by atoms with Gasteiger partial charge in [0.1, 0.15) is 0 Å². The van der Waals surface area contributed by atoms with Gasteiger partial charge in [0, 0.05) is 0 Å². The van der Waals surface area contributed by atoms with Gasteiger partial charge in [-0.1, -0.05) is 58.3 Å². The average molecular weight is 417 g/mol. The summed E-state index contributed by atoms with van der Waals surface area (Å²) in [6.45, 7) is 2.70. The van der Waals surface area contributed by atoms with Crippen molar-refractivity contribution in [2.24, 2.45) is 52.3 Å². The Balaban J connectivity index is 1.41. The number of fused-ring (bicyclic) bond motifs is 3. The lowest BCUT2D eigenvalue weighted by atomic mass is 9.50. The molecular weight excluding hydrogens is 372 g/mol. The van der Waals surface area contributed by atoms with Crippen molar-refractivity contribution >= 4 is 12.9 Å². The van der Waals surface area contributed by atoms with Crippen molar-refractivity contribution in [3.05, 3.63) is 0 Å². The highest BCUT2D eigenvalue weighted by atomic mass is 32.1. The fourth-order valence-corrected chi connectivity index (χ4v) is 11.1. The molecule has 7 aliphatic carbocycles.